The van der Waals surface area contributed by atoms with Crippen LogP contribution in [-0.2, 0) is 5.41 Å². The van der Waals surface area contributed by atoms with E-state index in [1.807, 2.05) is 0 Å². The maximum absolute atomic E-state index is 5.50. The molecule has 0 aliphatic rings. The summed E-state index contributed by atoms with van der Waals surface area (Å²) in [5.74, 6) is 1.81. The van der Waals surface area contributed by atoms with Crippen LogP contribution in [-0.4, -0.2) is 19.5 Å². The first-order valence-electron chi connectivity index (χ1n) is 19.2. The second-order valence-electron chi connectivity index (χ2n) is 14.3. The molecular formula is C52H34N4S. The third kappa shape index (κ3) is 5.24. The molecular weight excluding hydrogens is 713 g/mol. The SMILES string of the molecule is c1ccc(C(c2ccccc2)(c2ccccc2)c2ccccc2-c2nc(-c3cccc4sc5ccccc5c34)nc(-n3c4ccccc4c4ccccc43)n2)cc1. The van der Waals surface area contributed by atoms with Crippen LogP contribution in [0.15, 0.2) is 206 Å². The Morgan fingerprint density at radius 1 is 0.368 bits per heavy atom. The summed E-state index contributed by atoms with van der Waals surface area (Å²) in [6, 6.07) is 73.2. The Hall–Kier alpha value is -7.21. The van der Waals surface area contributed by atoms with Gasteiger partial charge in [-0.2, -0.15) is 9.97 Å². The molecule has 0 unspecified atom stereocenters. The van der Waals surface area contributed by atoms with Gasteiger partial charge in [0.25, 0.3) is 0 Å². The van der Waals surface area contributed by atoms with Crippen LogP contribution in [0.3, 0.4) is 0 Å². The van der Waals surface area contributed by atoms with Gasteiger partial charge in [0.1, 0.15) is 0 Å². The molecule has 0 fully saturated rings. The molecule has 3 aromatic heterocycles. The molecule has 0 bridgehead atoms. The lowest BCUT2D eigenvalue weighted by atomic mass is 9.64. The Labute approximate surface area is 334 Å². The number of aromatic nitrogens is 4. The molecule has 4 nitrogen and oxygen atoms in total. The van der Waals surface area contributed by atoms with Gasteiger partial charge in [0, 0.05) is 42.1 Å². The van der Waals surface area contributed by atoms with E-state index in [9.17, 15) is 0 Å². The number of nitrogens with zero attached hydrogens (tertiary/aromatic N) is 4. The van der Waals surface area contributed by atoms with E-state index in [0.717, 1.165) is 60.6 Å². The quantitative estimate of drug-likeness (QED) is 0.153. The van der Waals surface area contributed by atoms with Crippen LogP contribution in [0.2, 0.25) is 0 Å². The summed E-state index contributed by atoms with van der Waals surface area (Å²) < 4.78 is 4.64. The van der Waals surface area contributed by atoms with Gasteiger partial charge in [0.05, 0.1) is 16.4 Å². The third-order valence-electron chi connectivity index (χ3n) is 11.2. The second-order valence-corrected chi connectivity index (χ2v) is 15.4. The summed E-state index contributed by atoms with van der Waals surface area (Å²) in [4.78, 5) is 16.4. The number of fused-ring (bicyclic) bond motifs is 6. The number of hydrogen-bond donors (Lipinski definition) is 0. The number of rotatable bonds is 7. The summed E-state index contributed by atoms with van der Waals surface area (Å²) in [6.45, 7) is 0. The van der Waals surface area contributed by atoms with Gasteiger partial charge in [-0.15, -0.1) is 11.3 Å². The maximum atomic E-state index is 5.50. The minimum Gasteiger partial charge on any atom is -0.278 e. The van der Waals surface area contributed by atoms with Crippen LogP contribution in [0.5, 0.6) is 0 Å². The fraction of sp³-hybridized carbons (Fsp3) is 0.0192. The molecule has 0 N–H and O–H groups in total. The Bertz CT molecular complexity index is 3090. The standard InChI is InChI=1S/C52H34N4S/c1-4-19-35(20-5-1)52(36-21-6-2-7-22-36,37-23-8-3-9-24-37)43-30-14-10-27-40(43)49-53-50(42-29-18-34-47-48(42)41-28-13-17-33-46(41)57-47)55-51(54-49)56-44-31-15-11-25-38(44)39-26-12-16-32-45(39)56/h1-34H. The van der Waals surface area contributed by atoms with Crippen LogP contribution in [0.4, 0.5) is 0 Å². The van der Waals surface area contributed by atoms with E-state index in [2.05, 4.69) is 211 Å². The molecule has 0 saturated heterocycles. The van der Waals surface area contributed by atoms with Gasteiger partial charge in [-0.1, -0.05) is 182 Å². The number of benzene rings is 8. The molecule has 0 aliphatic heterocycles. The Morgan fingerprint density at radius 3 is 1.44 bits per heavy atom. The zero-order chi connectivity index (χ0) is 37.8. The fourth-order valence-electron chi connectivity index (χ4n) is 8.84. The van der Waals surface area contributed by atoms with Gasteiger partial charge >= 0.3 is 0 Å². The lowest BCUT2D eigenvalue weighted by molar-refractivity contribution is 0.745. The normalized spacial score (nSPS) is 11.9. The molecule has 0 atom stereocenters. The topological polar surface area (TPSA) is 43.6 Å². The molecule has 268 valence electrons. The van der Waals surface area contributed by atoms with E-state index in [-0.39, 0.29) is 0 Å². The molecule has 0 saturated carbocycles. The maximum Gasteiger partial charge on any atom is 0.238 e. The highest BCUT2D eigenvalue weighted by Crippen LogP contribution is 2.48. The van der Waals surface area contributed by atoms with Crippen LogP contribution >= 0.6 is 11.3 Å². The molecule has 0 aliphatic carbocycles. The van der Waals surface area contributed by atoms with E-state index in [4.69, 9.17) is 15.0 Å². The van der Waals surface area contributed by atoms with Crippen molar-refractivity contribution < 1.29 is 0 Å². The van der Waals surface area contributed by atoms with Crippen LogP contribution < -0.4 is 0 Å². The van der Waals surface area contributed by atoms with Gasteiger partial charge in [-0.25, -0.2) is 4.98 Å². The third-order valence-corrected chi connectivity index (χ3v) is 12.4. The fourth-order valence-corrected chi connectivity index (χ4v) is 9.97. The van der Waals surface area contributed by atoms with Crippen molar-refractivity contribution in [3.05, 3.63) is 229 Å². The van der Waals surface area contributed by atoms with Crippen molar-refractivity contribution in [2.24, 2.45) is 0 Å². The summed E-state index contributed by atoms with van der Waals surface area (Å²) in [6.07, 6.45) is 0. The van der Waals surface area contributed by atoms with Gasteiger partial charge in [0.15, 0.2) is 11.6 Å². The first-order valence-corrected chi connectivity index (χ1v) is 20.0. The van der Waals surface area contributed by atoms with E-state index in [0.29, 0.717) is 17.6 Å². The lowest BCUT2D eigenvalue weighted by Gasteiger charge is -2.38. The molecule has 3 heterocycles. The highest BCUT2D eigenvalue weighted by Gasteiger charge is 2.40. The Kier molecular flexibility index (Phi) is 7.86. The number of hydrogen-bond acceptors (Lipinski definition) is 4. The van der Waals surface area contributed by atoms with E-state index >= 15 is 0 Å². The first-order chi connectivity index (χ1) is 28.3. The Morgan fingerprint density at radius 2 is 0.825 bits per heavy atom. The minimum absolute atomic E-state index is 0.573. The van der Waals surface area contributed by atoms with E-state index in [1.165, 1.54) is 14.8 Å². The predicted octanol–water partition coefficient (Wildman–Crippen LogP) is 13.1. The van der Waals surface area contributed by atoms with Crippen LogP contribution in [0.25, 0.3) is 70.7 Å². The second kappa shape index (κ2) is 13.5. The predicted molar refractivity (Wildman–Crippen MR) is 236 cm³/mol. The largest absolute Gasteiger partial charge is 0.278 e. The molecule has 0 amide bonds. The molecule has 11 aromatic rings. The van der Waals surface area contributed by atoms with Gasteiger partial charge < -0.3 is 0 Å². The van der Waals surface area contributed by atoms with Crippen molar-refractivity contribution >= 4 is 53.3 Å². The van der Waals surface area contributed by atoms with Crippen molar-refractivity contribution in [1.82, 2.24) is 19.5 Å². The van der Waals surface area contributed by atoms with Crippen molar-refractivity contribution in [2.75, 3.05) is 0 Å². The van der Waals surface area contributed by atoms with Gasteiger partial charge in [0.2, 0.25) is 5.95 Å². The summed E-state index contributed by atoms with van der Waals surface area (Å²) >= 11 is 1.80. The van der Waals surface area contributed by atoms with Crippen molar-refractivity contribution in [3.8, 4) is 28.7 Å². The summed E-state index contributed by atoms with van der Waals surface area (Å²) in [5, 5.41) is 4.66. The van der Waals surface area contributed by atoms with Gasteiger partial charge in [-0.05, 0) is 46.5 Å². The Balaban J connectivity index is 1.27. The van der Waals surface area contributed by atoms with Crippen molar-refractivity contribution in [3.63, 3.8) is 0 Å². The molecule has 8 aromatic carbocycles. The first kappa shape index (κ1) is 33.2. The van der Waals surface area contributed by atoms with Gasteiger partial charge in [-0.3, -0.25) is 4.57 Å². The zero-order valence-electron chi connectivity index (χ0n) is 30.8. The monoisotopic (exact) mass is 746 g/mol. The molecule has 5 heteroatoms. The van der Waals surface area contributed by atoms with E-state index in [1.54, 1.807) is 11.3 Å². The molecule has 0 radical (unpaired) electrons. The smallest absolute Gasteiger partial charge is 0.238 e. The zero-order valence-corrected chi connectivity index (χ0v) is 31.6. The highest BCUT2D eigenvalue weighted by atomic mass is 32.1. The molecule has 57 heavy (non-hydrogen) atoms. The minimum atomic E-state index is -0.705. The van der Waals surface area contributed by atoms with Crippen molar-refractivity contribution in [2.45, 2.75) is 5.41 Å². The molecule has 11 rings (SSSR count). The van der Waals surface area contributed by atoms with Crippen LogP contribution in [0.1, 0.15) is 22.3 Å². The van der Waals surface area contributed by atoms with Crippen molar-refractivity contribution in [1.29, 1.82) is 0 Å². The number of para-hydroxylation sites is 2. The molecule has 0 spiro atoms. The summed E-state index contributed by atoms with van der Waals surface area (Å²) in [7, 11) is 0. The lowest BCUT2D eigenvalue weighted by Crippen LogP contribution is -2.31. The average molecular weight is 747 g/mol. The average Bonchev–Trinajstić information content (AvgIpc) is 3.84. The van der Waals surface area contributed by atoms with E-state index < -0.39 is 5.41 Å². The number of thiophene rings is 1. The highest BCUT2D eigenvalue weighted by molar-refractivity contribution is 7.25. The van der Waals surface area contributed by atoms with Crippen LogP contribution in [0, 0.1) is 0 Å². The summed E-state index contributed by atoms with van der Waals surface area (Å²) in [5.41, 5.74) is 7.84.